The van der Waals surface area contributed by atoms with Gasteiger partial charge in [-0.1, -0.05) is 0 Å². The maximum absolute atomic E-state index is 12.6. The smallest absolute Gasteiger partial charge is 0.260 e. The molecule has 0 bridgehead atoms. The Hall–Kier alpha value is -2.84. The van der Waals surface area contributed by atoms with Crippen LogP contribution in [0.5, 0.6) is 0 Å². The number of H-pyrrole nitrogens is 1. The molecule has 0 saturated heterocycles. The van der Waals surface area contributed by atoms with E-state index in [0.29, 0.717) is 27.6 Å². The Morgan fingerprint density at radius 2 is 2.11 bits per heavy atom. The number of carbonyl (C=O) groups is 1. The number of thiophene rings is 1. The minimum atomic E-state index is -0.163. The van der Waals surface area contributed by atoms with E-state index in [2.05, 4.69) is 15.3 Å². The number of carbonyl (C=O) groups excluding carboxylic acids is 1. The number of nitrogens with zero attached hydrogens (tertiary/aromatic N) is 1. The minimum absolute atomic E-state index is 0.102. The molecule has 0 atom stereocenters. The monoisotopic (exact) mass is 397 g/mol. The summed E-state index contributed by atoms with van der Waals surface area (Å²) in [6.07, 6.45) is 1.59. The SMILES string of the molecule is CC(=O)Nc1ccc(SCc2nc3scc(-c4ccco4)c3c(=O)[nH]2)cc1. The number of thioether (sulfide) groups is 1. The first-order chi connectivity index (χ1) is 13.1. The van der Waals surface area contributed by atoms with Crippen LogP contribution in [0.1, 0.15) is 12.7 Å². The normalized spacial score (nSPS) is 11.0. The van der Waals surface area contributed by atoms with Crippen LogP contribution in [0.3, 0.4) is 0 Å². The van der Waals surface area contributed by atoms with Crippen molar-refractivity contribution in [1.29, 1.82) is 0 Å². The Balaban J connectivity index is 1.53. The van der Waals surface area contributed by atoms with E-state index in [-0.39, 0.29) is 11.5 Å². The molecule has 27 heavy (non-hydrogen) atoms. The first kappa shape index (κ1) is 17.6. The summed E-state index contributed by atoms with van der Waals surface area (Å²) in [5, 5.41) is 5.18. The van der Waals surface area contributed by atoms with Crippen molar-refractivity contribution < 1.29 is 9.21 Å². The average Bonchev–Trinajstić information content (AvgIpc) is 3.30. The molecule has 0 saturated carbocycles. The molecule has 6 nitrogen and oxygen atoms in total. The summed E-state index contributed by atoms with van der Waals surface area (Å²) in [4.78, 5) is 32.8. The van der Waals surface area contributed by atoms with E-state index in [1.165, 1.54) is 18.3 Å². The molecule has 8 heteroatoms. The third kappa shape index (κ3) is 3.81. The molecular weight excluding hydrogens is 382 g/mol. The van der Waals surface area contributed by atoms with Gasteiger partial charge in [-0.2, -0.15) is 0 Å². The summed E-state index contributed by atoms with van der Waals surface area (Å²) >= 11 is 2.99. The zero-order chi connectivity index (χ0) is 18.8. The lowest BCUT2D eigenvalue weighted by molar-refractivity contribution is -0.114. The summed E-state index contributed by atoms with van der Waals surface area (Å²) in [7, 11) is 0. The number of hydrogen-bond acceptors (Lipinski definition) is 6. The van der Waals surface area contributed by atoms with Gasteiger partial charge in [0.1, 0.15) is 16.4 Å². The minimum Gasteiger partial charge on any atom is -0.464 e. The third-order valence-electron chi connectivity index (χ3n) is 3.83. The summed E-state index contributed by atoms with van der Waals surface area (Å²) in [5.41, 5.74) is 1.36. The van der Waals surface area contributed by atoms with Crippen molar-refractivity contribution in [1.82, 2.24) is 9.97 Å². The van der Waals surface area contributed by atoms with E-state index in [9.17, 15) is 9.59 Å². The summed E-state index contributed by atoms with van der Waals surface area (Å²) in [5.74, 6) is 1.72. The highest BCUT2D eigenvalue weighted by Gasteiger charge is 2.14. The highest BCUT2D eigenvalue weighted by molar-refractivity contribution is 7.98. The molecule has 1 amide bonds. The van der Waals surface area contributed by atoms with E-state index in [4.69, 9.17) is 4.42 Å². The van der Waals surface area contributed by atoms with Crippen LogP contribution in [0.4, 0.5) is 5.69 Å². The lowest BCUT2D eigenvalue weighted by atomic mass is 10.2. The zero-order valence-corrected chi connectivity index (χ0v) is 15.9. The van der Waals surface area contributed by atoms with Gasteiger partial charge in [0.15, 0.2) is 0 Å². The Bertz CT molecular complexity index is 1150. The fourth-order valence-corrected chi connectivity index (χ4v) is 4.38. The Morgan fingerprint density at radius 3 is 2.81 bits per heavy atom. The van der Waals surface area contributed by atoms with Gasteiger partial charge in [-0.3, -0.25) is 9.59 Å². The van der Waals surface area contributed by atoms with Crippen molar-refractivity contribution in [3.63, 3.8) is 0 Å². The Kier molecular flexibility index (Phi) is 4.83. The molecular formula is C19H15N3O3S2. The van der Waals surface area contributed by atoms with Crippen molar-refractivity contribution in [3.8, 4) is 11.3 Å². The molecule has 4 rings (SSSR count). The molecule has 0 unspecified atom stereocenters. The van der Waals surface area contributed by atoms with E-state index in [1.807, 2.05) is 35.7 Å². The average molecular weight is 397 g/mol. The molecule has 0 fully saturated rings. The maximum Gasteiger partial charge on any atom is 0.260 e. The van der Waals surface area contributed by atoms with Crippen LogP contribution in [-0.2, 0) is 10.5 Å². The van der Waals surface area contributed by atoms with Gasteiger partial charge in [-0.25, -0.2) is 4.98 Å². The largest absolute Gasteiger partial charge is 0.464 e. The van der Waals surface area contributed by atoms with E-state index in [0.717, 1.165) is 16.1 Å². The van der Waals surface area contributed by atoms with E-state index >= 15 is 0 Å². The standard InChI is InChI=1S/C19H15N3O3S2/c1-11(23)20-12-4-6-13(7-5-12)26-10-16-21-18(24)17-14(9-27-19(17)22-16)15-3-2-8-25-15/h2-9H,10H2,1H3,(H,20,23)(H,21,22,24). The number of fused-ring (bicyclic) bond motifs is 1. The molecule has 0 aliphatic heterocycles. The quantitative estimate of drug-likeness (QED) is 0.484. The van der Waals surface area contributed by atoms with Crippen molar-refractivity contribution in [2.24, 2.45) is 0 Å². The number of aromatic amines is 1. The van der Waals surface area contributed by atoms with Crippen LogP contribution in [0.2, 0.25) is 0 Å². The number of aromatic nitrogens is 2. The highest BCUT2D eigenvalue weighted by Crippen LogP contribution is 2.31. The summed E-state index contributed by atoms with van der Waals surface area (Å²) in [6.45, 7) is 1.47. The predicted octanol–water partition coefficient (Wildman–Crippen LogP) is 4.50. The maximum atomic E-state index is 12.6. The summed E-state index contributed by atoms with van der Waals surface area (Å²) in [6, 6.07) is 11.2. The molecule has 4 aromatic rings. The van der Waals surface area contributed by atoms with Gasteiger partial charge in [0.05, 0.1) is 17.4 Å². The number of rotatable bonds is 5. The number of hydrogen-bond donors (Lipinski definition) is 2. The lowest BCUT2D eigenvalue weighted by Gasteiger charge is -2.05. The van der Waals surface area contributed by atoms with Gasteiger partial charge in [0.25, 0.3) is 5.56 Å². The molecule has 0 radical (unpaired) electrons. The zero-order valence-electron chi connectivity index (χ0n) is 14.3. The number of furan rings is 1. The van der Waals surface area contributed by atoms with Crippen molar-refractivity contribution >= 4 is 44.9 Å². The van der Waals surface area contributed by atoms with Crippen LogP contribution in [0.15, 0.2) is 62.1 Å². The van der Waals surface area contributed by atoms with Crippen LogP contribution in [-0.4, -0.2) is 15.9 Å². The van der Waals surface area contributed by atoms with Crippen LogP contribution < -0.4 is 10.9 Å². The first-order valence-corrected chi connectivity index (χ1v) is 10.0. The Labute approximate surface area is 162 Å². The number of nitrogens with one attached hydrogen (secondary N) is 2. The second-order valence-corrected chi connectivity index (χ2v) is 7.72. The molecule has 0 aliphatic carbocycles. The fourth-order valence-electron chi connectivity index (χ4n) is 2.66. The van der Waals surface area contributed by atoms with Crippen molar-refractivity contribution in [2.75, 3.05) is 5.32 Å². The second-order valence-electron chi connectivity index (χ2n) is 5.81. The topological polar surface area (TPSA) is 88.0 Å². The van der Waals surface area contributed by atoms with Gasteiger partial charge >= 0.3 is 0 Å². The number of anilines is 1. The van der Waals surface area contributed by atoms with Gasteiger partial charge in [-0.05, 0) is 36.4 Å². The molecule has 2 N–H and O–H groups in total. The first-order valence-electron chi connectivity index (χ1n) is 8.15. The van der Waals surface area contributed by atoms with Gasteiger partial charge < -0.3 is 14.7 Å². The van der Waals surface area contributed by atoms with E-state index in [1.54, 1.807) is 24.1 Å². The molecule has 136 valence electrons. The molecule has 0 spiro atoms. The molecule has 3 aromatic heterocycles. The van der Waals surface area contributed by atoms with Crippen LogP contribution in [0, 0.1) is 0 Å². The third-order valence-corrected chi connectivity index (χ3v) is 5.73. The second kappa shape index (κ2) is 7.42. The number of benzene rings is 1. The lowest BCUT2D eigenvalue weighted by Crippen LogP contribution is -2.10. The van der Waals surface area contributed by atoms with Crippen LogP contribution >= 0.6 is 23.1 Å². The highest BCUT2D eigenvalue weighted by atomic mass is 32.2. The van der Waals surface area contributed by atoms with Gasteiger partial charge in [0, 0.05) is 28.5 Å². The fraction of sp³-hybridized carbons (Fsp3) is 0.105. The van der Waals surface area contributed by atoms with Gasteiger partial charge in [-0.15, -0.1) is 23.1 Å². The van der Waals surface area contributed by atoms with Crippen LogP contribution in [0.25, 0.3) is 21.5 Å². The Morgan fingerprint density at radius 1 is 1.30 bits per heavy atom. The molecule has 3 heterocycles. The van der Waals surface area contributed by atoms with E-state index < -0.39 is 0 Å². The molecule has 0 aliphatic rings. The van der Waals surface area contributed by atoms with Crippen molar-refractivity contribution in [3.05, 3.63) is 64.2 Å². The predicted molar refractivity (Wildman–Crippen MR) is 108 cm³/mol. The molecule has 1 aromatic carbocycles. The summed E-state index contributed by atoms with van der Waals surface area (Å²) < 4.78 is 5.41. The van der Waals surface area contributed by atoms with Crippen molar-refractivity contribution in [2.45, 2.75) is 17.6 Å². The number of amides is 1. The van der Waals surface area contributed by atoms with Gasteiger partial charge in [0.2, 0.25) is 5.91 Å².